The molecule has 0 bridgehead atoms. The Morgan fingerprint density at radius 3 is 2.57 bits per heavy atom. The average Bonchev–Trinajstić information content (AvgIpc) is 2.53. The molecule has 0 aliphatic rings. The molecule has 4 heteroatoms. The van der Waals surface area contributed by atoms with Crippen LogP contribution >= 0.6 is 0 Å². The van der Waals surface area contributed by atoms with Gasteiger partial charge in [0.05, 0.1) is 13.7 Å². The molecule has 0 fully saturated rings. The molecule has 1 amide bonds. The number of carbonyl (C=O) groups is 1. The zero-order chi connectivity index (χ0) is 15.1. The lowest BCUT2D eigenvalue weighted by Crippen LogP contribution is -2.12. The van der Waals surface area contributed by atoms with Crippen molar-refractivity contribution in [1.82, 2.24) is 0 Å². The summed E-state index contributed by atoms with van der Waals surface area (Å²) in [5.74, 6) is 0.768. The largest absolute Gasteiger partial charge is 0.497 e. The van der Waals surface area contributed by atoms with Crippen LogP contribution < -0.4 is 10.1 Å². The number of rotatable bonds is 6. The maximum Gasteiger partial charge on any atom is 0.224 e. The summed E-state index contributed by atoms with van der Waals surface area (Å²) >= 11 is 0. The molecule has 0 aromatic heterocycles. The van der Waals surface area contributed by atoms with E-state index in [9.17, 15) is 4.79 Å². The van der Waals surface area contributed by atoms with Crippen LogP contribution in [-0.4, -0.2) is 18.1 Å². The summed E-state index contributed by atoms with van der Waals surface area (Å²) < 4.78 is 5.10. The Bertz CT molecular complexity index is 593. The predicted octanol–water partition coefficient (Wildman–Crippen LogP) is 2.76. The Labute approximate surface area is 124 Å². The van der Waals surface area contributed by atoms with Gasteiger partial charge in [-0.25, -0.2) is 0 Å². The van der Waals surface area contributed by atoms with Gasteiger partial charge in [0.25, 0.3) is 0 Å². The molecule has 2 aromatic carbocycles. The van der Waals surface area contributed by atoms with Crippen molar-refractivity contribution in [2.24, 2.45) is 0 Å². The Balaban J connectivity index is 1.86. The molecule has 0 saturated carbocycles. The molecule has 0 saturated heterocycles. The molecule has 0 radical (unpaired) electrons. The van der Waals surface area contributed by atoms with Crippen molar-refractivity contribution in [3.63, 3.8) is 0 Å². The molecule has 0 aliphatic carbocycles. The Morgan fingerprint density at radius 2 is 1.90 bits per heavy atom. The average molecular weight is 285 g/mol. The predicted molar refractivity (Wildman–Crippen MR) is 82.3 cm³/mol. The van der Waals surface area contributed by atoms with Crippen molar-refractivity contribution in [1.29, 1.82) is 0 Å². The zero-order valence-corrected chi connectivity index (χ0v) is 12.0. The summed E-state index contributed by atoms with van der Waals surface area (Å²) in [7, 11) is 1.63. The van der Waals surface area contributed by atoms with Crippen molar-refractivity contribution >= 4 is 11.6 Å². The van der Waals surface area contributed by atoms with Crippen LogP contribution in [0.3, 0.4) is 0 Å². The highest BCUT2D eigenvalue weighted by molar-refractivity contribution is 5.90. The Hall–Kier alpha value is -2.33. The van der Waals surface area contributed by atoms with E-state index in [0.29, 0.717) is 18.5 Å². The molecule has 2 aromatic rings. The van der Waals surface area contributed by atoms with E-state index in [1.807, 2.05) is 42.5 Å². The molecule has 21 heavy (non-hydrogen) atoms. The van der Waals surface area contributed by atoms with Gasteiger partial charge in [0, 0.05) is 12.1 Å². The first-order valence-corrected chi connectivity index (χ1v) is 6.84. The fraction of sp³-hybridized carbons (Fsp3) is 0.235. The number of aliphatic hydroxyl groups excluding tert-OH is 1. The van der Waals surface area contributed by atoms with Crippen molar-refractivity contribution < 1.29 is 14.6 Å². The Kier molecular flexibility index (Phi) is 5.35. The maximum absolute atomic E-state index is 11.9. The SMILES string of the molecule is COc1ccc(CCC(=O)Nc2cccc(CO)c2)cc1. The number of ether oxygens (including phenoxy) is 1. The van der Waals surface area contributed by atoms with Crippen molar-refractivity contribution in [3.8, 4) is 5.75 Å². The monoisotopic (exact) mass is 285 g/mol. The fourth-order valence-corrected chi connectivity index (χ4v) is 2.02. The highest BCUT2D eigenvalue weighted by Gasteiger charge is 2.04. The number of amides is 1. The third kappa shape index (κ3) is 4.61. The van der Waals surface area contributed by atoms with Gasteiger partial charge < -0.3 is 15.2 Å². The van der Waals surface area contributed by atoms with Crippen LogP contribution in [0.4, 0.5) is 5.69 Å². The van der Waals surface area contributed by atoms with Crippen molar-refractivity contribution in [2.75, 3.05) is 12.4 Å². The first-order valence-electron chi connectivity index (χ1n) is 6.84. The summed E-state index contributed by atoms with van der Waals surface area (Å²) in [6.45, 7) is -0.0322. The minimum absolute atomic E-state index is 0.0322. The second kappa shape index (κ2) is 7.45. The smallest absolute Gasteiger partial charge is 0.224 e. The lowest BCUT2D eigenvalue weighted by Gasteiger charge is -2.07. The van der Waals surface area contributed by atoms with E-state index in [4.69, 9.17) is 9.84 Å². The van der Waals surface area contributed by atoms with E-state index in [0.717, 1.165) is 16.9 Å². The van der Waals surface area contributed by atoms with Gasteiger partial charge in [-0.2, -0.15) is 0 Å². The first kappa shape index (κ1) is 15.1. The number of carbonyl (C=O) groups excluding carboxylic acids is 1. The summed E-state index contributed by atoms with van der Waals surface area (Å²) in [5, 5.41) is 11.9. The maximum atomic E-state index is 11.9. The minimum atomic E-state index is -0.0408. The van der Waals surface area contributed by atoms with E-state index in [-0.39, 0.29) is 12.5 Å². The summed E-state index contributed by atoms with van der Waals surface area (Å²) in [6.07, 6.45) is 1.09. The number of aliphatic hydroxyl groups is 1. The summed E-state index contributed by atoms with van der Waals surface area (Å²) in [5.41, 5.74) is 2.58. The molecule has 2 rings (SSSR count). The molecular weight excluding hydrogens is 266 g/mol. The zero-order valence-electron chi connectivity index (χ0n) is 12.0. The quantitative estimate of drug-likeness (QED) is 0.858. The second-order valence-corrected chi connectivity index (χ2v) is 4.75. The summed E-state index contributed by atoms with van der Waals surface area (Å²) in [4.78, 5) is 11.9. The van der Waals surface area contributed by atoms with Gasteiger partial charge in [-0.15, -0.1) is 0 Å². The van der Waals surface area contributed by atoms with Gasteiger partial charge in [-0.05, 0) is 41.8 Å². The van der Waals surface area contributed by atoms with E-state index in [1.165, 1.54) is 0 Å². The van der Waals surface area contributed by atoms with Gasteiger partial charge in [0.2, 0.25) is 5.91 Å². The number of hydrogen-bond acceptors (Lipinski definition) is 3. The van der Waals surface area contributed by atoms with Crippen LogP contribution in [0.2, 0.25) is 0 Å². The van der Waals surface area contributed by atoms with Gasteiger partial charge in [-0.1, -0.05) is 24.3 Å². The van der Waals surface area contributed by atoms with Crippen LogP contribution in [0.5, 0.6) is 5.75 Å². The second-order valence-electron chi connectivity index (χ2n) is 4.75. The number of benzene rings is 2. The summed E-state index contributed by atoms with van der Waals surface area (Å²) in [6, 6.07) is 14.9. The first-order chi connectivity index (χ1) is 10.2. The van der Waals surface area contributed by atoms with Gasteiger partial charge in [-0.3, -0.25) is 4.79 Å². The van der Waals surface area contributed by atoms with Crippen molar-refractivity contribution in [3.05, 3.63) is 59.7 Å². The van der Waals surface area contributed by atoms with E-state index in [2.05, 4.69) is 5.32 Å². The molecule has 2 N–H and O–H groups in total. The van der Waals surface area contributed by atoms with Crippen LogP contribution in [0, 0.1) is 0 Å². The third-order valence-corrected chi connectivity index (χ3v) is 3.19. The van der Waals surface area contributed by atoms with Gasteiger partial charge in [0.15, 0.2) is 0 Å². The fourth-order valence-electron chi connectivity index (χ4n) is 2.02. The number of anilines is 1. The van der Waals surface area contributed by atoms with Gasteiger partial charge >= 0.3 is 0 Å². The lowest BCUT2D eigenvalue weighted by molar-refractivity contribution is -0.116. The van der Waals surface area contributed by atoms with Crippen LogP contribution in [0.1, 0.15) is 17.5 Å². The normalized spacial score (nSPS) is 10.2. The molecule has 0 unspecified atom stereocenters. The molecule has 4 nitrogen and oxygen atoms in total. The molecule has 0 spiro atoms. The molecule has 0 aliphatic heterocycles. The third-order valence-electron chi connectivity index (χ3n) is 3.19. The number of hydrogen-bond donors (Lipinski definition) is 2. The molecule has 0 atom stereocenters. The van der Waals surface area contributed by atoms with E-state index < -0.39 is 0 Å². The highest BCUT2D eigenvalue weighted by atomic mass is 16.5. The van der Waals surface area contributed by atoms with E-state index in [1.54, 1.807) is 13.2 Å². The topological polar surface area (TPSA) is 58.6 Å². The van der Waals surface area contributed by atoms with E-state index >= 15 is 0 Å². The molecule has 0 heterocycles. The number of nitrogens with one attached hydrogen (secondary N) is 1. The number of aryl methyl sites for hydroxylation is 1. The van der Waals surface area contributed by atoms with Crippen LogP contribution in [0.25, 0.3) is 0 Å². The molecular formula is C17H19NO3. The van der Waals surface area contributed by atoms with Crippen LogP contribution in [0.15, 0.2) is 48.5 Å². The van der Waals surface area contributed by atoms with Gasteiger partial charge in [0.1, 0.15) is 5.75 Å². The Morgan fingerprint density at radius 1 is 1.14 bits per heavy atom. The highest BCUT2D eigenvalue weighted by Crippen LogP contribution is 2.14. The van der Waals surface area contributed by atoms with Crippen LogP contribution in [-0.2, 0) is 17.8 Å². The molecule has 110 valence electrons. The lowest BCUT2D eigenvalue weighted by atomic mass is 10.1. The van der Waals surface area contributed by atoms with Crippen molar-refractivity contribution in [2.45, 2.75) is 19.4 Å². The minimum Gasteiger partial charge on any atom is -0.497 e. The standard InChI is InChI=1S/C17H19NO3/c1-21-16-8-5-13(6-9-16)7-10-17(20)18-15-4-2-3-14(11-15)12-19/h2-6,8-9,11,19H,7,10,12H2,1H3,(H,18,20). The number of methoxy groups -OCH3 is 1.